The molecule has 1 aromatic rings. The first-order chi connectivity index (χ1) is 8.11. The van der Waals surface area contributed by atoms with Crippen molar-refractivity contribution >= 4 is 11.8 Å². The highest BCUT2D eigenvalue weighted by atomic mass is 19.1. The minimum atomic E-state index is -0.134. The zero-order valence-corrected chi connectivity index (χ0v) is 10.6. The van der Waals surface area contributed by atoms with Crippen LogP contribution >= 0.6 is 0 Å². The molecule has 1 aromatic carbocycles. The van der Waals surface area contributed by atoms with Crippen molar-refractivity contribution in [3.8, 4) is 0 Å². The van der Waals surface area contributed by atoms with E-state index in [4.69, 9.17) is 0 Å². The van der Waals surface area contributed by atoms with Crippen LogP contribution in [0.5, 0.6) is 0 Å². The molecule has 0 amide bonds. The molecule has 0 N–H and O–H groups in total. The largest absolute Gasteiger partial charge is 0.265 e. The molecule has 0 saturated heterocycles. The number of hydrogen-bond acceptors (Lipinski definition) is 1. The maximum absolute atomic E-state index is 14.1. The number of nitrogens with zero attached hydrogens (tertiary/aromatic N) is 1. The Balaban J connectivity index is 3.15. The molecule has 0 aromatic heterocycles. The van der Waals surface area contributed by atoms with Crippen molar-refractivity contribution in [2.24, 2.45) is 4.99 Å². The second-order valence-electron chi connectivity index (χ2n) is 3.90. The van der Waals surface area contributed by atoms with Crippen LogP contribution < -0.4 is 0 Å². The highest BCUT2D eigenvalue weighted by Gasteiger charge is 2.09. The van der Waals surface area contributed by atoms with Crippen molar-refractivity contribution in [3.63, 3.8) is 0 Å². The normalized spacial score (nSPS) is 12.1. The molecule has 0 aliphatic rings. The van der Waals surface area contributed by atoms with Crippen molar-refractivity contribution in [1.82, 2.24) is 0 Å². The van der Waals surface area contributed by atoms with Crippen LogP contribution in [-0.2, 0) is 6.42 Å². The molecule has 0 bridgehead atoms. The van der Waals surface area contributed by atoms with E-state index in [9.17, 15) is 4.39 Å². The molecule has 1 rings (SSSR count). The molecule has 1 nitrogen and oxygen atoms in total. The molecule has 0 heterocycles. The summed E-state index contributed by atoms with van der Waals surface area (Å²) in [4.78, 5) is 3.86. The van der Waals surface area contributed by atoms with Gasteiger partial charge in [0, 0.05) is 18.0 Å². The van der Waals surface area contributed by atoms with Crippen molar-refractivity contribution < 1.29 is 4.39 Å². The van der Waals surface area contributed by atoms with Crippen molar-refractivity contribution in [2.45, 2.75) is 27.2 Å². The number of aliphatic imine (C=N–C) groups is 1. The zero-order chi connectivity index (χ0) is 12.8. The maximum atomic E-state index is 14.1. The zero-order valence-electron chi connectivity index (χ0n) is 10.6. The van der Waals surface area contributed by atoms with Crippen molar-refractivity contribution in [3.05, 3.63) is 53.5 Å². The number of rotatable bonds is 4. The summed E-state index contributed by atoms with van der Waals surface area (Å²) in [6, 6.07) is 3.81. The molecule has 0 radical (unpaired) electrons. The summed E-state index contributed by atoms with van der Waals surface area (Å²) < 4.78 is 14.1. The molecule has 17 heavy (non-hydrogen) atoms. The van der Waals surface area contributed by atoms with Gasteiger partial charge in [-0.05, 0) is 43.0 Å². The quantitative estimate of drug-likeness (QED) is 0.684. The molecule has 0 aliphatic carbocycles. The van der Waals surface area contributed by atoms with Gasteiger partial charge in [-0.2, -0.15) is 0 Å². The first kappa shape index (κ1) is 13.4. The number of allylic oxidation sites excluding steroid dienone is 2. The number of halogens is 1. The van der Waals surface area contributed by atoms with Crippen LogP contribution in [0.1, 0.15) is 30.5 Å². The van der Waals surface area contributed by atoms with Gasteiger partial charge in [-0.3, -0.25) is 4.99 Å². The lowest BCUT2D eigenvalue weighted by molar-refractivity contribution is 0.612. The van der Waals surface area contributed by atoms with E-state index in [0.29, 0.717) is 5.56 Å². The first-order valence-corrected chi connectivity index (χ1v) is 5.71. The average molecular weight is 231 g/mol. The Hall–Kier alpha value is -1.70. The van der Waals surface area contributed by atoms with Crippen LogP contribution in [-0.4, -0.2) is 6.21 Å². The van der Waals surface area contributed by atoms with Gasteiger partial charge in [-0.1, -0.05) is 25.6 Å². The van der Waals surface area contributed by atoms with Gasteiger partial charge >= 0.3 is 0 Å². The van der Waals surface area contributed by atoms with E-state index >= 15 is 0 Å². The molecular formula is C15H18FN. The summed E-state index contributed by atoms with van der Waals surface area (Å²) in [5, 5.41) is 0. The topological polar surface area (TPSA) is 12.4 Å². The minimum Gasteiger partial charge on any atom is -0.265 e. The number of aryl methyl sites for hydroxylation is 1. The summed E-state index contributed by atoms with van der Waals surface area (Å²) >= 11 is 0. The highest BCUT2D eigenvalue weighted by molar-refractivity contribution is 5.84. The van der Waals surface area contributed by atoms with Gasteiger partial charge < -0.3 is 0 Å². The lowest BCUT2D eigenvalue weighted by Crippen LogP contribution is -1.96. The Labute approximate surface area is 102 Å². The third kappa shape index (κ3) is 3.13. The third-order valence-electron chi connectivity index (χ3n) is 2.82. The third-order valence-corrected chi connectivity index (χ3v) is 2.82. The Morgan fingerprint density at radius 2 is 2.18 bits per heavy atom. The fraction of sp³-hybridized carbons (Fsp3) is 0.267. The molecule has 0 aliphatic heterocycles. The van der Waals surface area contributed by atoms with Gasteiger partial charge in [0.15, 0.2) is 0 Å². The standard InChI is InChI=1S/C15H18FN/c1-5-13-7-8-14(15(16)12(13)4)11(3)9-10-17-6-2/h6-10H,2,5H2,1,3-4H3/b11-9+,17-10-. The van der Waals surface area contributed by atoms with Crippen LogP contribution in [0.25, 0.3) is 5.57 Å². The average Bonchev–Trinajstić information content (AvgIpc) is 2.32. The van der Waals surface area contributed by atoms with E-state index in [0.717, 1.165) is 23.1 Å². The Kier molecular flexibility index (Phi) is 4.83. The predicted octanol–water partition coefficient (Wildman–Crippen LogP) is 4.31. The smallest absolute Gasteiger partial charge is 0.133 e. The van der Waals surface area contributed by atoms with Crippen LogP contribution in [0.15, 0.2) is 36.0 Å². The van der Waals surface area contributed by atoms with Gasteiger partial charge in [-0.15, -0.1) is 0 Å². The SMILES string of the molecule is C=C/N=C\C=C(/C)c1ccc(CC)c(C)c1F. The van der Waals surface area contributed by atoms with Crippen molar-refractivity contribution in [1.29, 1.82) is 0 Å². The minimum absolute atomic E-state index is 0.134. The van der Waals surface area contributed by atoms with E-state index in [2.05, 4.69) is 11.6 Å². The fourth-order valence-corrected chi connectivity index (χ4v) is 1.72. The fourth-order valence-electron chi connectivity index (χ4n) is 1.72. The van der Waals surface area contributed by atoms with Gasteiger partial charge in [0.2, 0.25) is 0 Å². The van der Waals surface area contributed by atoms with Crippen LogP contribution in [0.3, 0.4) is 0 Å². The first-order valence-electron chi connectivity index (χ1n) is 5.71. The number of benzene rings is 1. The molecule has 0 fully saturated rings. The second kappa shape index (κ2) is 6.14. The van der Waals surface area contributed by atoms with E-state index in [1.54, 1.807) is 12.3 Å². The number of hydrogen-bond donors (Lipinski definition) is 0. The van der Waals surface area contributed by atoms with E-state index in [-0.39, 0.29) is 5.82 Å². The summed E-state index contributed by atoms with van der Waals surface area (Å²) in [7, 11) is 0. The van der Waals surface area contributed by atoms with Crippen LogP contribution in [0, 0.1) is 12.7 Å². The van der Waals surface area contributed by atoms with Crippen LogP contribution in [0.2, 0.25) is 0 Å². The summed E-state index contributed by atoms with van der Waals surface area (Å²) in [6.07, 6.45) is 5.70. The van der Waals surface area contributed by atoms with E-state index in [1.165, 1.54) is 6.20 Å². The molecule has 0 saturated carbocycles. The van der Waals surface area contributed by atoms with Crippen LogP contribution in [0.4, 0.5) is 4.39 Å². The monoisotopic (exact) mass is 231 g/mol. The van der Waals surface area contributed by atoms with Crippen molar-refractivity contribution in [2.75, 3.05) is 0 Å². The van der Waals surface area contributed by atoms with Gasteiger partial charge in [0.05, 0.1) is 0 Å². The summed E-state index contributed by atoms with van der Waals surface area (Å²) in [6.45, 7) is 9.21. The molecular weight excluding hydrogens is 213 g/mol. The molecule has 0 spiro atoms. The second-order valence-corrected chi connectivity index (χ2v) is 3.90. The van der Waals surface area contributed by atoms with Gasteiger partial charge in [-0.25, -0.2) is 4.39 Å². The molecule has 0 atom stereocenters. The van der Waals surface area contributed by atoms with E-state index in [1.807, 2.05) is 32.9 Å². The lowest BCUT2D eigenvalue weighted by Gasteiger charge is -2.09. The predicted molar refractivity (Wildman–Crippen MR) is 72.9 cm³/mol. The maximum Gasteiger partial charge on any atom is 0.133 e. The molecule has 90 valence electrons. The Bertz CT molecular complexity index is 470. The Morgan fingerprint density at radius 1 is 1.47 bits per heavy atom. The molecule has 0 unspecified atom stereocenters. The highest BCUT2D eigenvalue weighted by Crippen LogP contribution is 2.23. The Morgan fingerprint density at radius 3 is 2.76 bits per heavy atom. The van der Waals surface area contributed by atoms with Gasteiger partial charge in [0.1, 0.15) is 5.82 Å². The van der Waals surface area contributed by atoms with E-state index < -0.39 is 0 Å². The van der Waals surface area contributed by atoms with Gasteiger partial charge in [0.25, 0.3) is 0 Å². The molecule has 2 heteroatoms. The lowest BCUT2D eigenvalue weighted by atomic mass is 9.98. The summed E-state index contributed by atoms with van der Waals surface area (Å²) in [5.41, 5.74) is 3.28. The summed E-state index contributed by atoms with van der Waals surface area (Å²) in [5.74, 6) is -0.134.